The van der Waals surface area contributed by atoms with Gasteiger partial charge >= 0.3 is 0 Å². The predicted octanol–water partition coefficient (Wildman–Crippen LogP) is 3.67. The van der Waals surface area contributed by atoms with Crippen LogP contribution in [0.25, 0.3) is 16.9 Å². The van der Waals surface area contributed by atoms with E-state index < -0.39 is 0 Å². The van der Waals surface area contributed by atoms with E-state index in [0.29, 0.717) is 10.7 Å². The van der Waals surface area contributed by atoms with Crippen molar-refractivity contribution in [1.29, 1.82) is 0 Å². The Bertz CT molecular complexity index is 716. The number of fused-ring (bicyclic) bond motifs is 1. The summed E-state index contributed by atoms with van der Waals surface area (Å²) in [6.45, 7) is 2.04. The van der Waals surface area contributed by atoms with Crippen molar-refractivity contribution in [2.45, 2.75) is 6.92 Å². The molecule has 1 aromatic carbocycles. The molecule has 3 rings (SSSR count). The summed E-state index contributed by atoms with van der Waals surface area (Å²) in [5.74, 6) is 0.953. The molecule has 0 spiro atoms. The third kappa shape index (κ3) is 1.73. The second kappa shape index (κ2) is 4.03. The first-order valence-corrected chi connectivity index (χ1v) is 5.96. The van der Waals surface area contributed by atoms with Crippen LogP contribution in [0.2, 0.25) is 5.15 Å². The molecule has 0 bridgehead atoms. The minimum absolute atomic E-state index is 0.180. The van der Waals surface area contributed by atoms with Crippen molar-refractivity contribution in [2.24, 2.45) is 0 Å². The standard InChI is InChI=1S/C14H11ClN2O/c1-9-2-4-10(5-3-9)14-16-13(15)12-8-11(18)6-7-17(12)14/h2-8,18H,1H3. The molecule has 0 atom stereocenters. The van der Waals surface area contributed by atoms with Gasteiger partial charge in [-0.1, -0.05) is 41.4 Å². The van der Waals surface area contributed by atoms with Crippen LogP contribution >= 0.6 is 11.6 Å². The molecule has 0 fully saturated rings. The van der Waals surface area contributed by atoms with Crippen molar-refractivity contribution >= 4 is 17.1 Å². The molecule has 0 radical (unpaired) electrons. The van der Waals surface area contributed by atoms with Crippen molar-refractivity contribution in [1.82, 2.24) is 9.38 Å². The highest BCUT2D eigenvalue weighted by molar-refractivity contribution is 6.33. The Morgan fingerprint density at radius 1 is 1.17 bits per heavy atom. The average molecular weight is 259 g/mol. The van der Waals surface area contributed by atoms with Crippen molar-refractivity contribution in [2.75, 3.05) is 0 Å². The summed E-state index contributed by atoms with van der Waals surface area (Å²) in [6.07, 6.45) is 1.76. The van der Waals surface area contributed by atoms with Crippen molar-refractivity contribution < 1.29 is 5.11 Å². The number of pyridine rings is 1. The lowest BCUT2D eigenvalue weighted by Crippen LogP contribution is -1.88. The van der Waals surface area contributed by atoms with Gasteiger partial charge in [-0.2, -0.15) is 0 Å². The Balaban J connectivity index is 2.26. The maximum absolute atomic E-state index is 9.47. The third-order valence-electron chi connectivity index (χ3n) is 2.89. The number of rotatable bonds is 1. The summed E-state index contributed by atoms with van der Waals surface area (Å²) < 4.78 is 1.87. The molecule has 0 saturated heterocycles. The van der Waals surface area contributed by atoms with Crippen LogP contribution in [0.3, 0.4) is 0 Å². The third-order valence-corrected chi connectivity index (χ3v) is 3.17. The first kappa shape index (κ1) is 11.1. The topological polar surface area (TPSA) is 37.5 Å². The van der Waals surface area contributed by atoms with Crippen molar-refractivity contribution in [3.8, 4) is 17.1 Å². The molecule has 2 aromatic heterocycles. The zero-order valence-corrected chi connectivity index (χ0v) is 10.5. The number of hydrogen-bond acceptors (Lipinski definition) is 2. The van der Waals surface area contributed by atoms with Gasteiger partial charge in [0.25, 0.3) is 0 Å². The first-order chi connectivity index (χ1) is 8.65. The summed E-state index contributed by atoms with van der Waals surface area (Å²) in [7, 11) is 0. The van der Waals surface area contributed by atoms with Gasteiger partial charge in [0.15, 0.2) is 5.15 Å². The lowest BCUT2D eigenvalue weighted by atomic mass is 10.1. The van der Waals surface area contributed by atoms with Gasteiger partial charge in [0.1, 0.15) is 11.6 Å². The summed E-state index contributed by atoms with van der Waals surface area (Å²) in [6, 6.07) is 11.3. The molecular formula is C14H11ClN2O. The number of aryl methyl sites for hydroxylation is 1. The number of halogens is 1. The molecular weight excluding hydrogens is 248 g/mol. The number of hydrogen-bond donors (Lipinski definition) is 1. The number of aromatic nitrogens is 2. The van der Waals surface area contributed by atoms with Gasteiger partial charge in [-0.25, -0.2) is 4.98 Å². The van der Waals surface area contributed by atoms with Crippen LogP contribution in [0.5, 0.6) is 5.75 Å². The van der Waals surface area contributed by atoms with Crippen LogP contribution in [0.1, 0.15) is 5.56 Å². The maximum atomic E-state index is 9.47. The largest absolute Gasteiger partial charge is 0.508 e. The van der Waals surface area contributed by atoms with Gasteiger partial charge in [0.2, 0.25) is 0 Å². The monoisotopic (exact) mass is 258 g/mol. The van der Waals surface area contributed by atoms with E-state index in [9.17, 15) is 5.11 Å². The molecule has 90 valence electrons. The zero-order chi connectivity index (χ0) is 12.7. The van der Waals surface area contributed by atoms with Crippen LogP contribution < -0.4 is 0 Å². The highest BCUT2D eigenvalue weighted by Crippen LogP contribution is 2.27. The quantitative estimate of drug-likeness (QED) is 0.723. The summed E-state index contributed by atoms with van der Waals surface area (Å²) in [5.41, 5.74) is 2.89. The van der Waals surface area contributed by atoms with Crippen LogP contribution in [0, 0.1) is 6.92 Å². The lowest BCUT2D eigenvalue weighted by molar-refractivity contribution is 0.475. The number of benzene rings is 1. The maximum Gasteiger partial charge on any atom is 0.155 e. The summed E-state index contributed by atoms with van der Waals surface area (Å²) in [4.78, 5) is 4.35. The summed E-state index contributed by atoms with van der Waals surface area (Å²) in [5, 5.41) is 9.86. The molecule has 1 N–H and O–H groups in total. The zero-order valence-electron chi connectivity index (χ0n) is 9.76. The van der Waals surface area contributed by atoms with E-state index in [1.807, 2.05) is 35.6 Å². The Labute approximate surface area is 109 Å². The fourth-order valence-electron chi connectivity index (χ4n) is 1.94. The smallest absolute Gasteiger partial charge is 0.155 e. The van der Waals surface area contributed by atoms with E-state index >= 15 is 0 Å². The van der Waals surface area contributed by atoms with E-state index in [1.54, 1.807) is 18.3 Å². The molecule has 0 aliphatic carbocycles. The van der Waals surface area contributed by atoms with Crippen LogP contribution in [0.15, 0.2) is 42.6 Å². The predicted molar refractivity (Wildman–Crippen MR) is 72.0 cm³/mol. The van der Waals surface area contributed by atoms with E-state index in [1.165, 1.54) is 5.56 Å². The Morgan fingerprint density at radius 2 is 1.89 bits per heavy atom. The molecule has 2 heterocycles. The van der Waals surface area contributed by atoms with E-state index in [0.717, 1.165) is 11.4 Å². The van der Waals surface area contributed by atoms with Crippen LogP contribution in [-0.2, 0) is 0 Å². The normalized spacial score (nSPS) is 11.0. The number of imidazole rings is 1. The van der Waals surface area contributed by atoms with Gasteiger partial charge in [-0.05, 0) is 13.0 Å². The molecule has 18 heavy (non-hydrogen) atoms. The molecule has 0 saturated carbocycles. The molecule has 0 unspecified atom stereocenters. The van der Waals surface area contributed by atoms with E-state index in [-0.39, 0.29) is 5.75 Å². The van der Waals surface area contributed by atoms with Gasteiger partial charge in [0.05, 0.1) is 5.52 Å². The fraction of sp³-hybridized carbons (Fsp3) is 0.0714. The van der Waals surface area contributed by atoms with E-state index in [2.05, 4.69) is 4.98 Å². The van der Waals surface area contributed by atoms with Crippen molar-refractivity contribution in [3.05, 3.63) is 53.3 Å². The molecule has 4 heteroatoms. The summed E-state index contributed by atoms with van der Waals surface area (Å²) >= 11 is 6.09. The first-order valence-electron chi connectivity index (χ1n) is 5.59. The van der Waals surface area contributed by atoms with Gasteiger partial charge in [-0.15, -0.1) is 0 Å². The minimum atomic E-state index is 0.180. The number of aromatic hydroxyl groups is 1. The highest BCUT2D eigenvalue weighted by Gasteiger charge is 2.11. The fourth-order valence-corrected chi connectivity index (χ4v) is 2.17. The Hall–Kier alpha value is -2.00. The molecule has 0 amide bonds. The van der Waals surface area contributed by atoms with Gasteiger partial charge in [-0.3, -0.25) is 4.40 Å². The molecule has 3 aromatic rings. The lowest BCUT2D eigenvalue weighted by Gasteiger charge is -2.02. The second-order valence-corrected chi connectivity index (χ2v) is 4.59. The number of nitrogens with zero attached hydrogens (tertiary/aromatic N) is 2. The second-order valence-electron chi connectivity index (χ2n) is 4.23. The van der Waals surface area contributed by atoms with Crippen molar-refractivity contribution in [3.63, 3.8) is 0 Å². The average Bonchev–Trinajstić information content (AvgIpc) is 2.68. The van der Waals surface area contributed by atoms with Gasteiger partial charge in [0, 0.05) is 17.8 Å². The van der Waals surface area contributed by atoms with E-state index in [4.69, 9.17) is 11.6 Å². The SMILES string of the molecule is Cc1ccc(-c2nc(Cl)c3cc(O)ccn23)cc1. The van der Waals surface area contributed by atoms with Crippen LogP contribution in [-0.4, -0.2) is 14.5 Å². The van der Waals surface area contributed by atoms with Crippen LogP contribution in [0.4, 0.5) is 0 Å². The molecule has 3 nitrogen and oxygen atoms in total. The molecule has 0 aliphatic heterocycles. The highest BCUT2D eigenvalue weighted by atomic mass is 35.5. The molecule has 0 aliphatic rings. The van der Waals surface area contributed by atoms with Gasteiger partial charge < -0.3 is 5.11 Å². The Kier molecular flexibility index (Phi) is 2.49. The minimum Gasteiger partial charge on any atom is -0.508 e. The Morgan fingerprint density at radius 3 is 2.61 bits per heavy atom.